The van der Waals surface area contributed by atoms with E-state index in [1.165, 1.54) is 0 Å². The van der Waals surface area contributed by atoms with Gasteiger partial charge in [0.2, 0.25) is 0 Å². The molecule has 1 aliphatic rings. The highest BCUT2D eigenvalue weighted by Gasteiger charge is 2.04. The number of primary amides is 1. The van der Waals surface area contributed by atoms with Crippen molar-refractivity contribution in [3.8, 4) is 0 Å². The summed E-state index contributed by atoms with van der Waals surface area (Å²) in [6.07, 6.45) is 2.15. The van der Waals surface area contributed by atoms with E-state index in [0.29, 0.717) is 0 Å². The average molecular weight is 160 g/mol. The first kappa shape index (κ1) is 7.27. The first-order chi connectivity index (χ1) is 4.79. The zero-order valence-corrected chi connectivity index (χ0v) is 6.11. The minimum atomic E-state index is -0.812. The van der Waals surface area contributed by atoms with Gasteiger partial charge in [0.15, 0.2) is 0 Å². The fraction of sp³-hybridized carbons (Fsp3) is 0.400. The van der Waals surface area contributed by atoms with Gasteiger partial charge in [-0.05, 0) is 6.42 Å². The highest BCUT2D eigenvalue weighted by atomic mass is 32.2. The SMILES string of the molecule is NC(=O)ONC1=CCCS1. The van der Waals surface area contributed by atoms with Crippen molar-refractivity contribution in [1.82, 2.24) is 5.48 Å². The monoisotopic (exact) mass is 160 g/mol. The van der Waals surface area contributed by atoms with Crippen LogP contribution < -0.4 is 11.2 Å². The largest absolute Gasteiger partial charge is 0.428 e. The Morgan fingerprint density at radius 2 is 2.70 bits per heavy atom. The van der Waals surface area contributed by atoms with E-state index in [1.807, 2.05) is 6.08 Å². The molecule has 1 heterocycles. The van der Waals surface area contributed by atoms with E-state index in [0.717, 1.165) is 17.2 Å². The van der Waals surface area contributed by atoms with Crippen LogP contribution >= 0.6 is 11.8 Å². The fourth-order valence-corrected chi connectivity index (χ4v) is 1.38. The number of nitrogens with one attached hydrogen (secondary N) is 1. The van der Waals surface area contributed by atoms with Gasteiger partial charge in [-0.3, -0.25) is 0 Å². The number of hydrogen-bond acceptors (Lipinski definition) is 4. The summed E-state index contributed by atoms with van der Waals surface area (Å²) in [5, 5.41) is 0.860. The van der Waals surface area contributed by atoms with Crippen LogP contribution in [0.2, 0.25) is 0 Å². The van der Waals surface area contributed by atoms with Gasteiger partial charge in [-0.2, -0.15) is 0 Å². The normalized spacial score (nSPS) is 16.2. The lowest BCUT2D eigenvalue weighted by atomic mass is 10.5. The topological polar surface area (TPSA) is 64.4 Å². The third-order valence-electron chi connectivity index (χ3n) is 0.957. The molecule has 0 aromatic carbocycles. The molecule has 10 heavy (non-hydrogen) atoms. The van der Waals surface area contributed by atoms with E-state index >= 15 is 0 Å². The molecular formula is C5H8N2O2S. The quantitative estimate of drug-likeness (QED) is 0.579. The molecule has 4 nitrogen and oxygen atoms in total. The summed E-state index contributed by atoms with van der Waals surface area (Å²) in [4.78, 5) is 14.4. The Morgan fingerprint density at radius 1 is 1.90 bits per heavy atom. The van der Waals surface area contributed by atoms with Crippen molar-refractivity contribution in [1.29, 1.82) is 0 Å². The maximum Gasteiger partial charge on any atom is 0.428 e. The summed E-state index contributed by atoms with van der Waals surface area (Å²) in [5.41, 5.74) is 7.14. The first-order valence-corrected chi connectivity index (χ1v) is 3.83. The molecule has 5 heteroatoms. The molecule has 0 aliphatic carbocycles. The van der Waals surface area contributed by atoms with Crippen LogP contribution in [-0.4, -0.2) is 11.8 Å². The number of hydrogen-bond donors (Lipinski definition) is 2. The lowest BCUT2D eigenvalue weighted by molar-refractivity contribution is 0.120. The molecule has 56 valence electrons. The third kappa shape index (κ3) is 2.18. The zero-order valence-electron chi connectivity index (χ0n) is 5.29. The molecule has 0 radical (unpaired) electrons. The van der Waals surface area contributed by atoms with Crippen LogP contribution in [0.4, 0.5) is 4.79 Å². The summed E-state index contributed by atoms with van der Waals surface area (Å²) in [5.74, 6) is 1.03. The molecular weight excluding hydrogens is 152 g/mol. The number of carbonyl (C=O) groups excluding carboxylic acids is 1. The molecule has 1 rings (SSSR count). The Balaban J connectivity index is 2.19. The van der Waals surface area contributed by atoms with Gasteiger partial charge in [-0.1, -0.05) is 6.08 Å². The van der Waals surface area contributed by atoms with E-state index in [9.17, 15) is 4.79 Å². The second kappa shape index (κ2) is 3.36. The lowest BCUT2D eigenvalue weighted by Crippen LogP contribution is -2.22. The molecule has 1 amide bonds. The van der Waals surface area contributed by atoms with Crippen LogP contribution in [0.3, 0.4) is 0 Å². The van der Waals surface area contributed by atoms with Crippen LogP contribution in [-0.2, 0) is 4.84 Å². The van der Waals surface area contributed by atoms with E-state index in [4.69, 9.17) is 5.73 Å². The van der Waals surface area contributed by atoms with Gasteiger partial charge in [0.25, 0.3) is 0 Å². The van der Waals surface area contributed by atoms with Crippen molar-refractivity contribution >= 4 is 17.9 Å². The molecule has 0 aromatic heterocycles. The van der Waals surface area contributed by atoms with E-state index < -0.39 is 6.09 Å². The van der Waals surface area contributed by atoms with Gasteiger partial charge < -0.3 is 10.6 Å². The Bertz CT molecular complexity index is 169. The smallest absolute Gasteiger partial charge is 0.333 e. The minimum Gasteiger partial charge on any atom is -0.333 e. The number of hydroxylamine groups is 1. The average Bonchev–Trinajstić information content (AvgIpc) is 2.34. The molecule has 0 fully saturated rings. The highest BCUT2D eigenvalue weighted by Crippen LogP contribution is 2.21. The van der Waals surface area contributed by atoms with Gasteiger partial charge in [-0.25, -0.2) is 10.3 Å². The lowest BCUT2D eigenvalue weighted by Gasteiger charge is -2.02. The summed E-state index contributed by atoms with van der Waals surface area (Å²) < 4.78 is 0. The van der Waals surface area contributed by atoms with Crippen LogP contribution in [0.1, 0.15) is 6.42 Å². The van der Waals surface area contributed by atoms with Gasteiger partial charge in [0, 0.05) is 5.75 Å². The first-order valence-electron chi connectivity index (χ1n) is 2.84. The number of allylic oxidation sites excluding steroid dienone is 1. The molecule has 0 spiro atoms. The highest BCUT2D eigenvalue weighted by molar-refractivity contribution is 8.03. The zero-order chi connectivity index (χ0) is 7.40. The molecule has 0 unspecified atom stereocenters. The Kier molecular flexibility index (Phi) is 2.44. The molecule has 0 bridgehead atoms. The predicted octanol–water partition coefficient (Wildman–Crippen LogP) is 0.565. The van der Waals surface area contributed by atoms with Crippen molar-refractivity contribution < 1.29 is 9.63 Å². The molecule has 0 atom stereocenters. The molecule has 3 N–H and O–H groups in total. The number of rotatable bonds is 2. The Morgan fingerprint density at radius 3 is 3.20 bits per heavy atom. The van der Waals surface area contributed by atoms with Crippen LogP contribution in [0.5, 0.6) is 0 Å². The maximum absolute atomic E-state index is 10.1. The van der Waals surface area contributed by atoms with E-state index in [2.05, 4.69) is 10.3 Å². The van der Waals surface area contributed by atoms with Crippen molar-refractivity contribution in [2.75, 3.05) is 5.75 Å². The van der Waals surface area contributed by atoms with Crippen molar-refractivity contribution in [2.24, 2.45) is 5.73 Å². The molecule has 0 saturated heterocycles. The van der Waals surface area contributed by atoms with Crippen molar-refractivity contribution in [3.63, 3.8) is 0 Å². The molecule has 1 aliphatic heterocycles. The van der Waals surface area contributed by atoms with Crippen LogP contribution in [0, 0.1) is 0 Å². The number of nitrogens with two attached hydrogens (primary N) is 1. The second-order valence-electron chi connectivity index (χ2n) is 1.73. The fourth-order valence-electron chi connectivity index (χ4n) is 0.590. The summed E-state index contributed by atoms with van der Waals surface area (Å²) >= 11 is 1.60. The summed E-state index contributed by atoms with van der Waals surface area (Å²) in [6.45, 7) is 0. The standard InChI is InChI=1S/C5H8N2O2S/c6-5(8)9-7-4-2-1-3-10-4/h2,7H,1,3H2,(H2,6,8). The predicted molar refractivity (Wildman–Crippen MR) is 39.0 cm³/mol. The van der Waals surface area contributed by atoms with Gasteiger partial charge in [0.1, 0.15) is 5.03 Å². The van der Waals surface area contributed by atoms with Crippen LogP contribution in [0.25, 0.3) is 0 Å². The number of thioether (sulfide) groups is 1. The van der Waals surface area contributed by atoms with Gasteiger partial charge >= 0.3 is 6.09 Å². The van der Waals surface area contributed by atoms with E-state index in [-0.39, 0.29) is 0 Å². The van der Waals surface area contributed by atoms with Crippen LogP contribution in [0.15, 0.2) is 11.1 Å². The minimum absolute atomic E-state index is 0.812. The van der Waals surface area contributed by atoms with Gasteiger partial charge in [-0.15, -0.1) is 11.8 Å². The maximum atomic E-state index is 10.1. The summed E-state index contributed by atoms with van der Waals surface area (Å²) in [6, 6.07) is 0. The van der Waals surface area contributed by atoms with Crippen molar-refractivity contribution in [3.05, 3.63) is 11.1 Å². The second-order valence-corrected chi connectivity index (χ2v) is 2.87. The van der Waals surface area contributed by atoms with Gasteiger partial charge in [0.05, 0.1) is 0 Å². The number of amides is 1. The van der Waals surface area contributed by atoms with E-state index in [1.54, 1.807) is 11.8 Å². The third-order valence-corrected chi connectivity index (χ3v) is 1.96. The Hall–Kier alpha value is -0.840. The number of carbonyl (C=O) groups is 1. The summed E-state index contributed by atoms with van der Waals surface area (Å²) in [7, 11) is 0. The molecule has 0 saturated carbocycles. The molecule has 0 aromatic rings. The van der Waals surface area contributed by atoms with Crippen molar-refractivity contribution in [2.45, 2.75) is 6.42 Å². The Labute approximate surface area is 62.7 Å².